The van der Waals surface area contributed by atoms with E-state index in [9.17, 15) is 17.6 Å². The number of benzene rings is 1. The van der Waals surface area contributed by atoms with Gasteiger partial charge in [-0.1, -0.05) is 17.7 Å². The minimum absolute atomic E-state index is 0.0138. The quantitative estimate of drug-likeness (QED) is 0.870. The van der Waals surface area contributed by atoms with Gasteiger partial charge in [0.15, 0.2) is 9.84 Å². The summed E-state index contributed by atoms with van der Waals surface area (Å²) in [6.45, 7) is 1.75. The number of nitrogens with one attached hydrogen (secondary N) is 1. The summed E-state index contributed by atoms with van der Waals surface area (Å²) in [5.74, 6) is 0.0404. The number of hydrogen-bond acceptors (Lipinski definition) is 4. The lowest BCUT2D eigenvalue weighted by molar-refractivity contribution is -0.120. The second-order valence-corrected chi connectivity index (χ2v) is 9.26. The van der Waals surface area contributed by atoms with Gasteiger partial charge in [-0.3, -0.25) is 4.79 Å². The van der Waals surface area contributed by atoms with E-state index in [2.05, 4.69) is 5.32 Å². The number of rotatable bonds is 5. The van der Waals surface area contributed by atoms with Crippen LogP contribution in [0.1, 0.15) is 18.9 Å². The first kappa shape index (κ1) is 17.6. The highest BCUT2D eigenvalue weighted by Crippen LogP contribution is 2.25. The molecule has 0 saturated carbocycles. The Balaban J connectivity index is 1.84. The van der Waals surface area contributed by atoms with E-state index in [1.54, 1.807) is 13.0 Å². The summed E-state index contributed by atoms with van der Waals surface area (Å²) >= 11 is 7.31. The lowest BCUT2D eigenvalue weighted by Gasteiger charge is -2.16. The van der Waals surface area contributed by atoms with Gasteiger partial charge in [0.05, 0.1) is 16.8 Å². The van der Waals surface area contributed by atoms with Crippen molar-refractivity contribution in [2.24, 2.45) is 0 Å². The van der Waals surface area contributed by atoms with Crippen LogP contribution in [0.3, 0.4) is 0 Å². The minimum atomic E-state index is -3.01. The Bertz CT molecular complexity index is 666. The highest BCUT2D eigenvalue weighted by atomic mass is 35.5. The zero-order valence-corrected chi connectivity index (χ0v) is 14.4. The van der Waals surface area contributed by atoms with E-state index in [0.29, 0.717) is 17.2 Å². The maximum atomic E-state index is 13.0. The van der Waals surface area contributed by atoms with Crippen molar-refractivity contribution in [3.05, 3.63) is 34.6 Å². The Morgan fingerprint density at radius 3 is 2.86 bits per heavy atom. The van der Waals surface area contributed by atoms with Gasteiger partial charge in [0.2, 0.25) is 5.91 Å². The van der Waals surface area contributed by atoms with Crippen molar-refractivity contribution in [3.63, 3.8) is 0 Å². The van der Waals surface area contributed by atoms with Crippen molar-refractivity contribution in [1.29, 1.82) is 0 Å². The lowest BCUT2D eigenvalue weighted by atomic mass is 10.2. The summed E-state index contributed by atoms with van der Waals surface area (Å²) in [4.78, 5) is 12.1. The molecule has 122 valence electrons. The number of halogens is 2. The molecule has 2 rings (SSSR count). The van der Waals surface area contributed by atoms with E-state index in [1.165, 1.54) is 23.9 Å². The molecule has 1 aromatic rings. The molecule has 1 fully saturated rings. The first-order chi connectivity index (χ1) is 10.3. The standard InChI is InChI=1S/C14H17ClFNO3S2/c1-9(14(18)17-12-4-5-22(19,20)8-12)21-7-10-2-3-11(16)6-13(10)15/h2-3,6,9,12H,4-5,7-8H2,1H3,(H,17,18)/t9-,12+/m0/s1. The van der Waals surface area contributed by atoms with Crippen LogP contribution in [0, 0.1) is 5.82 Å². The normalized spacial score (nSPS) is 21.5. The molecule has 1 N–H and O–H groups in total. The zero-order chi connectivity index (χ0) is 16.3. The fourth-order valence-electron chi connectivity index (χ4n) is 2.16. The molecule has 0 unspecified atom stereocenters. The van der Waals surface area contributed by atoms with Crippen molar-refractivity contribution in [1.82, 2.24) is 5.32 Å². The molecule has 2 atom stereocenters. The van der Waals surface area contributed by atoms with Crippen LogP contribution >= 0.6 is 23.4 Å². The molecular weight excluding hydrogens is 349 g/mol. The second kappa shape index (κ2) is 7.19. The maximum absolute atomic E-state index is 13.0. The minimum Gasteiger partial charge on any atom is -0.351 e. The van der Waals surface area contributed by atoms with Gasteiger partial charge in [0.1, 0.15) is 5.82 Å². The van der Waals surface area contributed by atoms with Gasteiger partial charge < -0.3 is 5.32 Å². The third-order valence-corrected chi connectivity index (χ3v) is 6.76. The molecule has 0 spiro atoms. The van der Waals surface area contributed by atoms with Crippen LogP contribution in [-0.4, -0.2) is 37.1 Å². The van der Waals surface area contributed by atoms with Gasteiger partial charge in [-0.2, -0.15) is 0 Å². The molecule has 0 aliphatic carbocycles. The predicted molar refractivity (Wildman–Crippen MR) is 87.4 cm³/mol. The number of thioether (sulfide) groups is 1. The van der Waals surface area contributed by atoms with Gasteiger partial charge in [-0.25, -0.2) is 12.8 Å². The molecule has 1 aromatic carbocycles. The average molecular weight is 366 g/mol. The van der Waals surface area contributed by atoms with E-state index in [1.807, 2.05) is 0 Å². The Morgan fingerprint density at radius 1 is 1.55 bits per heavy atom. The molecule has 0 radical (unpaired) electrons. The molecule has 1 heterocycles. The Morgan fingerprint density at radius 2 is 2.27 bits per heavy atom. The van der Waals surface area contributed by atoms with Gasteiger partial charge in [0.25, 0.3) is 0 Å². The molecule has 1 saturated heterocycles. The fraction of sp³-hybridized carbons (Fsp3) is 0.500. The van der Waals surface area contributed by atoms with E-state index < -0.39 is 15.7 Å². The van der Waals surface area contributed by atoms with Crippen LogP contribution < -0.4 is 5.32 Å². The number of carbonyl (C=O) groups is 1. The van der Waals surface area contributed by atoms with Crippen molar-refractivity contribution in [2.75, 3.05) is 11.5 Å². The van der Waals surface area contributed by atoms with E-state index >= 15 is 0 Å². The number of hydrogen-bond donors (Lipinski definition) is 1. The molecule has 22 heavy (non-hydrogen) atoms. The average Bonchev–Trinajstić information content (AvgIpc) is 2.76. The Kier molecular flexibility index (Phi) is 5.74. The highest BCUT2D eigenvalue weighted by molar-refractivity contribution is 7.99. The van der Waals surface area contributed by atoms with E-state index in [4.69, 9.17) is 11.6 Å². The zero-order valence-electron chi connectivity index (χ0n) is 12.0. The predicted octanol–water partition coefficient (Wildman–Crippen LogP) is 2.40. The summed E-state index contributed by atoms with van der Waals surface area (Å²) in [6.07, 6.45) is 0.468. The number of carbonyl (C=O) groups excluding carboxylic acids is 1. The third kappa shape index (κ3) is 4.86. The maximum Gasteiger partial charge on any atom is 0.233 e. The summed E-state index contributed by atoms with van der Waals surface area (Å²) in [6, 6.07) is 3.87. The monoisotopic (exact) mass is 365 g/mol. The van der Waals surface area contributed by atoms with Crippen molar-refractivity contribution in [3.8, 4) is 0 Å². The molecule has 1 aliphatic rings. The van der Waals surface area contributed by atoms with Crippen LogP contribution in [0.5, 0.6) is 0 Å². The first-order valence-electron chi connectivity index (χ1n) is 6.83. The van der Waals surface area contributed by atoms with Crippen molar-refractivity contribution >= 4 is 39.1 Å². The molecular formula is C14H17ClFNO3S2. The first-order valence-corrected chi connectivity index (χ1v) is 10.1. The molecule has 0 aromatic heterocycles. The SMILES string of the molecule is C[C@H](SCc1ccc(F)cc1Cl)C(=O)N[C@@H]1CCS(=O)(=O)C1. The molecule has 8 heteroatoms. The Hall–Kier alpha value is -0.790. The van der Waals surface area contributed by atoms with E-state index in [-0.39, 0.29) is 28.7 Å². The summed E-state index contributed by atoms with van der Waals surface area (Å²) in [5, 5.41) is 2.75. The summed E-state index contributed by atoms with van der Waals surface area (Å²) in [5.41, 5.74) is 0.760. The topological polar surface area (TPSA) is 63.2 Å². The largest absolute Gasteiger partial charge is 0.351 e. The fourth-order valence-corrected chi connectivity index (χ4v) is 5.04. The smallest absolute Gasteiger partial charge is 0.233 e. The molecule has 4 nitrogen and oxygen atoms in total. The van der Waals surface area contributed by atoms with Gasteiger partial charge in [-0.05, 0) is 31.0 Å². The second-order valence-electron chi connectivity index (χ2n) is 5.30. The number of amides is 1. The lowest BCUT2D eigenvalue weighted by Crippen LogP contribution is -2.40. The van der Waals surface area contributed by atoms with Crippen molar-refractivity contribution < 1.29 is 17.6 Å². The van der Waals surface area contributed by atoms with Crippen LogP contribution in [0.4, 0.5) is 4.39 Å². The van der Waals surface area contributed by atoms with Crippen LogP contribution in [-0.2, 0) is 20.4 Å². The van der Waals surface area contributed by atoms with Crippen LogP contribution in [0.2, 0.25) is 5.02 Å². The van der Waals surface area contributed by atoms with Crippen molar-refractivity contribution in [2.45, 2.75) is 30.4 Å². The van der Waals surface area contributed by atoms with Crippen LogP contribution in [0.25, 0.3) is 0 Å². The third-order valence-electron chi connectivity index (χ3n) is 3.45. The summed E-state index contributed by atoms with van der Waals surface area (Å²) < 4.78 is 35.7. The molecule has 1 aliphatic heterocycles. The van der Waals surface area contributed by atoms with Gasteiger partial charge >= 0.3 is 0 Å². The molecule has 1 amide bonds. The van der Waals surface area contributed by atoms with E-state index in [0.717, 1.165) is 5.56 Å². The van der Waals surface area contributed by atoms with Crippen LogP contribution in [0.15, 0.2) is 18.2 Å². The summed E-state index contributed by atoms with van der Waals surface area (Å²) in [7, 11) is -3.01. The molecule has 0 bridgehead atoms. The Labute approximate surface area is 138 Å². The highest BCUT2D eigenvalue weighted by Gasteiger charge is 2.30. The van der Waals surface area contributed by atoms with Gasteiger partial charge in [0, 0.05) is 16.8 Å². The van der Waals surface area contributed by atoms with Gasteiger partial charge in [-0.15, -0.1) is 11.8 Å². The number of sulfone groups is 1.